The highest BCUT2D eigenvalue weighted by Crippen LogP contribution is 2.42. The normalized spacial score (nSPS) is 18.4. The number of ether oxygens (including phenoxy) is 1. The molecule has 2 aromatic rings. The molecule has 3 rings (SSSR count). The summed E-state index contributed by atoms with van der Waals surface area (Å²) in [5, 5.41) is 3.02. The van der Waals surface area contributed by atoms with Gasteiger partial charge in [-0.15, -0.1) is 0 Å². The van der Waals surface area contributed by atoms with Crippen LogP contribution in [0.2, 0.25) is 0 Å². The zero-order valence-corrected chi connectivity index (χ0v) is 19.1. The Morgan fingerprint density at radius 3 is 2.52 bits per heavy atom. The van der Waals surface area contributed by atoms with Gasteiger partial charge in [-0.25, -0.2) is 12.8 Å². The summed E-state index contributed by atoms with van der Waals surface area (Å²) in [6, 6.07) is 11.4. The maximum atomic E-state index is 13.7. The van der Waals surface area contributed by atoms with Crippen molar-refractivity contribution in [3.8, 4) is 5.75 Å². The zero-order chi connectivity index (χ0) is 22.8. The summed E-state index contributed by atoms with van der Waals surface area (Å²) in [7, 11) is -3.83. The Bertz CT molecular complexity index is 1050. The van der Waals surface area contributed by atoms with Crippen molar-refractivity contribution in [2.45, 2.75) is 57.7 Å². The van der Waals surface area contributed by atoms with E-state index in [0.29, 0.717) is 6.42 Å². The number of nitrogens with zero attached hydrogens (tertiary/aromatic N) is 1. The van der Waals surface area contributed by atoms with Crippen LogP contribution in [0.25, 0.3) is 0 Å². The number of carbonyl (C=O) groups excluding carboxylic acids is 1. The molecule has 0 saturated heterocycles. The van der Waals surface area contributed by atoms with E-state index >= 15 is 0 Å². The van der Waals surface area contributed by atoms with Crippen LogP contribution in [-0.4, -0.2) is 32.2 Å². The van der Waals surface area contributed by atoms with E-state index in [4.69, 9.17) is 4.74 Å². The Hall–Kier alpha value is -2.61. The van der Waals surface area contributed by atoms with Gasteiger partial charge in [0.25, 0.3) is 0 Å². The predicted octanol–water partition coefficient (Wildman–Crippen LogP) is 4.18. The third-order valence-electron chi connectivity index (χ3n) is 5.95. The van der Waals surface area contributed by atoms with Crippen LogP contribution in [0.15, 0.2) is 48.5 Å². The monoisotopic (exact) mass is 448 g/mol. The fourth-order valence-corrected chi connectivity index (χ4v) is 5.31. The van der Waals surface area contributed by atoms with Gasteiger partial charge in [0.05, 0.1) is 18.0 Å². The number of benzene rings is 2. The summed E-state index contributed by atoms with van der Waals surface area (Å²) in [4.78, 5) is 13.2. The van der Waals surface area contributed by atoms with Crippen molar-refractivity contribution in [1.82, 2.24) is 5.32 Å². The number of carbonyl (C=O) groups is 1. The molecule has 0 bridgehead atoms. The van der Waals surface area contributed by atoms with Gasteiger partial charge in [-0.05, 0) is 44.0 Å². The molecule has 0 unspecified atom stereocenters. The second-order valence-corrected chi connectivity index (χ2v) is 9.87. The molecule has 6 nitrogen and oxygen atoms in total. The largest absolute Gasteiger partial charge is 0.487 e. The number of para-hydroxylation sites is 1. The van der Waals surface area contributed by atoms with Gasteiger partial charge in [0.2, 0.25) is 15.9 Å². The molecule has 1 aliphatic rings. The fourth-order valence-electron chi connectivity index (χ4n) is 4.14. The molecule has 168 valence electrons. The average Bonchev–Trinajstić information content (AvgIpc) is 2.72. The number of nitrogens with one attached hydrogen (secondary N) is 1. The van der Waals surface area contributed by atoms with Crippen LogP contribution in [0, 0.1) is 5.82 Å². The fraction of sp³-hybridized carbons (Fsp3) is 0.435. The summed E-state index contributed by atoms with van der Waals surface area (Å²) in [6.45, 7) is 5.60. The molecular weight excluding hydrogens is 419 g/mol. The van der Waals surface area contributed by atoms with Crippen LogP contribution >= 0.6 is 0 Å². The highest BCUT2D eigenvalue weighted by molar-refractivity contribution is 7.92. The maximum Gasteiger partial charge on any atom is 0.244 e. The Kier molecular flexibility index (Phi) is 6.59. The number of hydrogen-bond acceptors (Lipinski definition) is 4. The van der Waals surface area contributed by atoms with Gasteiger partial charge in [0.1, 0.15) is 23.2 Å². The minimum Gasteiger partial charge on any atom is -0.487 e. The summed E-state index contributed by atoms with van der Waals surface area (Å²) >= 11 is 0. The summed E-state index contributed by atoms with van der Waals surface area (Å²) in [5.41, 5.74) is 0.556. The van der Waals surface area contributed by atoms with Crippen molar-refractivity contribution >= 4 is 21.6 Å². The molecule has 2 atom stereocenters. The summed E-state index contributed by atoms with van der Waals surface area (Å²) < 4.78 is 45.9. The number of amides is 1. The molecule has 0 radical (unpaired) electrons. The predicted molar refractivity (Wildman–Crippen MR) is 119 cm³/mol. The molecular formula is C23H29FN2O4S. The van der Waals surface area contributed by atoms with E-state index in [1.54, 1.807) is 0 Å². The van der Waals surface area contributed by atoms with Gasteiger partial charge >= 0.3 is 0 Å². The van der Waals surface area contributed by atoms with E-state index in [1.165, 1.54) is 25.1 Å². The first kappa shape index (κ1) is 23.1. The molecule has 8 heteroatoms. The zero-order valence-electron chi connectivity index (χ0n) is 18.3. The average molecular weight is 449 g/mol. The number of hydrogen-bond donors (Lipinski definition) is 1. The SMILES string of the molecule is CCC1(CC)C[C@@H](NC(=O)[C@H](C)N(c2cccc(F)c2)S(C)(=O)=O)c2ccccc2O1. The van der Waals surface area contributed by atoms with Gasteiger partial charge in [0, 0.05) is 12.0 Å². The van der Waals surface area contributed by atoms with Crippen molar-refractivity contribution in [3.05, 3.63) is 59.9 Å². The Morgan fingerprint density at radius 1 is 1.23 bits per heavy atom. The van der Waals surface area contributed by atoms with Crippen LogP contribution in [-0.2, 0) is 14.8 Å². The lowest BCUT2D eigenvalue weighted by molar-refractivity contribution is -0.123. The van der Waals surface area contributed by atoms with Crippen molar-refractivity contribution in [2.75, 3.05) is 10.6 Å². The standard InChI is InChI=1S/C23H29FN2O4S/c1-5-23(6-2)15-20(19-12-7-8-13-21(19)30-23)25-22(27)16(3)26(31(4,28)29)18-11-9-10-17(24)14-18/h7-14,16,20H,5-6,15H2,1-4H3,(H,25,27)/t16-,20+/m0/s1. The van der Waals surface area contributed by atoms with E-state index < -0.39 is 33.4 Å². The van der Waals surface area contributed by atoms with Crippen molar-refractivity contribution in [3.63, 3.8) is 0 Å². The van der Waals surface area contributed by atoms with Crippen LogP contribution in [0.3, 0.4) is 0 Å². The van der Waals surface area contributed by atoms with Crippen molar-refractivity contribution < 1.29 is 22.3 Å². The van der Waals surface area contributed by atoms with E-state index in [1.807, 2.05) is 38.1 Å². The van der Waals surface area contributed by atoms with E-state index in [0.717, 1.165) is 40.8 Å². The number of halogens is 1. The molecule has 1 aliphatic heterocycles. The third kappa shape index (κ3) is 4.84. The van der Waals surface area contributed by atoms with Crippen molar-refractivity contribution in [2.24, 2.45) is 0 Å². The molecule has 0 spiro atoms. The second kappa shape index (κ2) is 8.86. The second-order valence-electron chi connectivity index (χ2n) is 8.01. The van der Waals surface area contributed by atoms with Gasteiger partial charge in [0.15, 0.2) is 0 Å². The highest BCUT2D eigenvalue weighted by Gasteiger charge is 2.40. The van der Waals surface area contributed by atoms with E-state index in [-0.39, 0.29) is 11.7 Å². The van der Waals surface area contributed by atoms with Crippen LogP contribution in [0.5, 0.6) is 5.75 Å². The van der Waals surface area contributed by atoms with Gasteiger partial charge in [-0.3, -0.25) is 9.10 Å². The topological polar surface area (TPSA) is 75.7 Å². The molecule has 1 amide bonds. The summed E-state index contributed by atoms with van der Waals surface area (Å²) in [5.74, 6) is -0.314. The Balaban J connectivity index is 1.91. The molecule has 0 aromatic heterocycles. The lowest BCUT2D eigenvalue weighted by Gasteiger charge is -2.42. The first-order chi connectivity index (χ1) is 14.6. The quantitative estimate of drug-likeness (QED) is 0.690. The van der Waals surface area contributed by atoms with Gasteiger partial charge in [-0.2, -0.15) is 0 Å². The number of anilines is 1. The first-order valence-electron chi connectivity index (χ1n) is 10.4. The molecule has 1 heterocycles. The number of rotatable bonds is 7. The molecule has 0 saturated carbocycles. The number of sulfonamides is 1. The lowest BCUT2D eigenvalue weighted by atomic mass is 9.83. The van der Waals surface area contributed by atoms with Crippen molar-refractivity contribution in [1.29, 1.82) is 0 Å². The van der Waals surface area contributed by atoms with E-state index in [9.17, 15) is 17.6 Å². The third-order valence-corrected chi connectivity index (χ3v) is 7.20. The molecule has 0 aliphatic carbocycles. The van der Waals surface area contributed by atoms with Crippen LogP contribution < -0.4 is 14.4 Å². The Morgan fingerprint density at radius 2 is 1.90 bits per heavy atom. The molecule has 2 aromatic carbocycles. The maximum absolute atomic E-state index is 13.7. The number of fused-ring (bicyclic) bond motifs is 1. The minimum absolute atomic E-state index is 0.106. The summed E-state index contributed by atoms with van der Waals surface area (Å²) in [6.07, 6.45) is 3.13. The Labute approximate surface area is 183 Å². The van der Waals surface area contributed by atoms with E-state index in [2.05, 4.69) is 5.32 Å². The van der Waals surface area contributed by atoms with Crippen LogP contribution in [0.1, 0.15) is 51.6 Å². The lowest BCUT2D eigenvalue weighted by Crippen LogP contribution is -2.51. The molecule has 1 N–H and O–H groups in total. The molecule has 0 fully saturated rings. The smallest absolute Gasteiger partial charge is 0.244 e. The molecule has 31 heavy (non-hydrogen) atoms. The van der Waals surface area contributed by atoms with Crippen LogP contribution in [0.4, 0.5) is 10.1 Å². The van der Waals surface area contributed by atoms with Gasteiger partial charge in [-0.1, -0.05) is 38.1 Å². The highest BCUT2D eigenvalue weighted by atomic mass is 32.2. The first-order valence-corrected chi connectivity index (χ1v) is 12.3. The van der Waals surface area contributed by atoms with Gasteiger partial charge < -0.3 is 10.1 Å². The minimum atomic E-state index is -3.83.